The molecule has 0 unspecified atom stereocenters. The Bertz CT molecular complexity index is 531. The van der Waals surface area contributed by atoms with Crippen LogP contribution in [0.1, 0.15) is 36.6 Å². The van der Waals surface area contributed by atoms with Crippen molar-refractivity contribution >= 4 is 0 Å². The molecule has 2 aromatic rings. The Hall–Kier alpha value is -1.68. The van der Waals surface area contributed by atoms with E-state index in [1.165, 1.54) is 11.1 Å². The molecule has 1 heterocycles. The van der Waals surface area contributed by atoms with Crippen molar-refractivity contribution in [1.29, 1.82) is 0 Å². The molecule has 4 nitrogen and oxygen atoms in total. The normalized spacial score (nSPS) is 10.9. The van der Waals surface area contributed by atoms with Crippen LogP contribution >= 0.6 is 0 Å². The van der Waals surface area contributed by atoms with Gasteiger partial charge in [-0.05, 0) is 18.2 Å². The van der Waals surface area contributed by atoms with Crippen LogP contribution in [0.4, 0.5) is 0 Å². The van der Waals surface area contributed by atoms with Gasteiger partial charge in [0.15, 0.2) is 5.82 Å². The van der Waals surface area contributed by atoms with E-state index in [1.807, 2.05) is 11.7 Å². The summed E-state index contributed by atoms with van der Waals surface area (Å²) in [6, 6.07) is 8.61. The Morgan fingerprint density at radius 1 is 1.16 bits per heavy atom. The molecule has 0 atom stereocenters. The zero-order valence-corrected chi connectivity index (χ0v) is 12.0. The van der Waals surface area contributed by atoms with Gasteiger partial charge in [-0.25, -0.2) is 9.67 Å². The Labute approximate surface area is 114 Å². The second-order valence-electron chi connectivity index (χ2n) is 4.66. The molecular formula is C15H22N4. The number of nitrogens with one attached hydrogen (secondary N) is 1. The summed E-state index contributed by atoms with van der Waals surface area (Å²) >= 11 is 0. The van der Waals surface area contributed by atoms with Gasteiger partial charge in [0.1, 0.15) is 5.82 Å². The first-order valence-electron chi connectivity index (χ1n) is 6.91. The van der Waals surface area contributed by atoms with Gasteiger partial charge in [0.05, 0.1) is 6.54 Å². The van der Waals surface area contributed by atoms with Crippen LogP contribution < -0.4 is 5.32 Å². The van der Waals surface area contributed by atoms with Crippen molar-refractivity contribution < 1.29 is 0 Å². The van der Waals surface area contributed by atoms with Gasteiger partial charge in [-0.15, -0.1) is 0 Å². The summed E-state index contributed by atoms with van der Waals surface area (Å²) in [6.07, 6.45) is 1.81. The summed E-state index contributed by atoms with van der Waals surface area (Å²) in [5.41, 5.74) is 2.57. The molecule has 0 aliphatic carbocycles. The lowest BCUT2D eigenvalue weighted by molar-refractivity contribution is 0.636. The van der Waals surface area contributed by atoms with Crippen molar-refractivity contribution in [2.75, 3.05) is 7.05 Å². The number of aromatic nitrogens is 3. The number of nitrogens with zero attached hydrogens (tertiary/aromatic N) is 3. The zero-order valence-electron chi connectivity index (χ0n) is 12.0. The molecule has 0 saturated carbocycles. The number of hydrogen-bond acceptors (Lipinski definition) is 3. The topological polar surface area (TPSA) is 42.7 Å². The number of benzene rings is 1. The molecule has 0 fully saturated rings. The quantitative estimate of drug-likeness (QED) is 0.863. The highest BCUT2D eigenvalue weighted by molar-refractivity contribution is 5.23. The van der Waals surface area contributed by atoms with Gasteiger partial charge in [-0.2, -0.15) is 5.10 Å². The molecule has 4 heteroatoms. The van der Waals surface area contributed by atoms with E-state index in [4.69, 9.17) is 0 Å². The van der Waals surface area contributed by atoms with E-state index in [0.29, 0.717) is 0 Å². The van der Waals surface area contributed by atoms with E-state index < -0.39 is 0 Å². The number of aryl methyl sites for hydroxylation is 2. The van der Waals surface area contributed by atoms with Crippen LogP contribution in [0, 0.1) is 0 Å². The van der Waals surface area contributed by atoms with Crippen LogP contribution in [-0.4, -0.2) is 21.8 Å². The molecule has 19 heavy (non-hydrogen) atoms. The van der Waals surface area contributed by atoms with E-state index in [1.54, 1.807) is 0 Å². The van der Waals surface area contributed by atoms with Gasteiger partial charge >= 0.3 is 0 Å². The van der Waals surface area contributed by atoms with Crippen LogP contribution in [0.15, 0.2) is 24.3 Å². The van der Waals surface area contributed by atoms with Gasteiger partial charge in [-0.3, -0.25) is 0 Å². The Balaban J connectivity index is 2.20. The number of rotatable bonds is 6. The maximum atomic E-state index is 4.56. The largest absolute Gasteiger partial charge is 0.316 e. The summed E-state index contributed by atoms with van der Waals surface area (Å²) in [7, 11) is 1.97. The first kappa shape index (κ1) is 13.7. The summed E-state index contributed by atoms with van der Waals surface area (Å²) in [6.45, 7) is 5.91. The Kier molecular flexibility index (Phi) is 4.68. The molecular weight excluding hydrogens is 236 g/mol. The molecule has 1 N–H and O–H groups in total. The van der Waals surface area contributed by atoms with E-state index in [9.17, 15) is 0 Å². The highest BCUT2D eigenvalue weighted by atomic mass is 15.3. The van der Waals surface area contributed by atoms with E-state index in [0.717, 1.165) is 37.6 Å². The summed E-state index contributed by atoms with van der Waals surface area (Å²) < 4.78 is 2.03. The third kappa shape index (κ3) is 3.41. The molecule has 0 spiro atoms. The minimum absolute atomic E-state index is 0.799. The first-order valence-corrected chi connectivity index (χ1v) is 6.91. The maximum absolute atomic E-state index is 4.56. The van der Waals surface area contributed by atoms with Crippen molar-refractivity contribution in [2.24, 2.45) is 0 Å². The minimum Gasteiger partial charge on any atom is -0.316 e. The van der Waals surface area contributed by atoms with E-state index in [-0.39, 0.29) is 0 Å². The van der Waals surface area contributed by atoms with Crippen molar-refractivity contribution in [2.45, 2.75) is 39.8 Å². The summed E-state index contributed by atoms with van der Waals surface area (Å²) in [4.78, 5) is 4.54. The second kappa shape index (κ2) is 6.48. The van der Waals surface area contributed by atoms with Gasteiger partial charge in [0.25, 0.3) is 0 Å². The molecule has 0 aliphatic heterocycles. The molecule has 1 aromatic carbocycles. The highest BCUT2D eigenvalue weighted by Crippen LogP contribution is 2.09. The molecule has 0 saturated heterocycles. The fourth-order valence-electron chi connectivity index (χ4n) is 2.18. The minimum atomic E-state index is 0.799. The molecule has 1 aromatic heterocycles. The van der Waals surface area contributed by atoms with Crippen LogP contribution in [-0.2, 0) is 25.9 Å². The van der Waals surface area contributed by atoms with Crippen molar-refractivity contribution in [3.8, 4) is 0 Å². The van der Waals surface area contributed by atoms with Crippen LogP contribution in [0.3, 0.4) is 0 Å². The van der Waals surface area contributed by atoms with E-state index in [2.05, 4.69) is 53.5 Å². The lowest BCUT2D eigenvalue weighted by Crippen LogP contribution is -2.08. The van der Waals surface area contributed by atoms with Crippen molar-refractivity contribution in [3.63, 3.8) is 0 Å². The Morgan fingerprint density at radius 2 is 1.95 bits per heavy atom. The zero-order chi connectivity index (χ0) is 13.7. The van der Waals surface area contributed by atoms with Gasteiger partial charge in [0, 0.05) is 19.4 Å². The van der Waals surface area contributed by atoms with Crippen molar-refractivity contribution in [1.82, 2.24) is 20.1 Å². The fourth-order valence-corrected chi connectivity index (χ4v) is 2.18. The SMILES string of the molecule is CCc1nc(CC)n(Cc2cccc(CNC)c2)n1. The predicted molar refractivity (Wildman–Crippen MR) is 77.1 cm³/mol. The standard InChI is InChI=1S/C15H22N4/c1-4-14-17-15(5-2)19(18-14)11-13-8-6-7-12(9-13)10-16-3/h6-9,16H,4-5,10-11H2,1-3H3. The average molecular weight is 258 g/mol. The second-order valence-corrected chi connectivity index (χ2v) is 4.66. The monoisotopic (exact) mass is 258 g/mol. The maximum Gasteiger partial charge on any atom is 0.150 e. The van der Waals surface area contributed by atoms with Gasteiger partial charge < -0.3 is 5.32 Å². The summed E-state index contributed by atoms with van der Waals surface area (Å²) in [5, 5.41) is 7.74. The first-order chi connectivity index (χ1) is 9.26. The van der Waals surface area contributed by atoms with Gasteiger partial charge in [-0.1, -0.05) is 38.1 Å². The highest BCUT2D eigenvalue weighted by Gasteiger charge is 2.07. The molecule has 2 rings (SSSR count). The molecule has 0 aliphatic rings. The van der Waals surface area contributed by atoms with Crippen LogP contribution in [0.2, 0.25) is 0 Å². The third-order valence-corrected chi connectivity index (χ3v) is 3.13. The van der Waals surface area contributed by atoms with Crippen LogP contribution in [0.25, 0.3) is 0 Å². The van der Waals surface area contributed by atoms with E-state index >= 15 is 0 Å². The smallest absolute Gasteiger partial charge is 0.150 e. The third-order valence-electron chi connectivity index (χ3n) is 3.13. The lowest BCUT2D eigenvalue weighted by atomic mass is 10.1. The molecule has 102 valence electrons. The Morgan fingerprint density at radius 3 is 2.63 bits per heavy atom. The number of hydrogen-bond donors (Lipinski definition) is 1. The predicted octanol–water partition coefficient (Wildman–Crippen LogP) is 2.17. The lowest BCUT2D eigenvalue weighted by Gasteiger charge is -2.07. The molecule has 0 bridgehead atoms. The van der Waals surface area contributed by atoms with Crippen molar-refractivity contribution in [3.05, 3.63) is 47.0 Å². The fraction of sp³-hybridized carbons (Fsp3) is 0.467. The molecule has 0 amide bonds. The van der Waals surface area contributed by atoms with Gasteiger partial charge in [0.2, 0.25) is 0 Å². The summed E-state index contributed by atoms with van der Waals surface area (Å²) in [5.74, 6) is 2.00. The van der Waals surface area contributed by atoms with Crippen LogP contribution in [0.5, 0.6) is 0 Å². The molecule has 0 radical (unpaired) electrons. The average Bonchev–Trinajstić information content (AvgIpc) is 2.82.